The summed E-state index contributed by atoms with van der Waals surface area (Å²) in [6, 6.07) is 8.72. The summed E-state index contributed by atoms with van der Waals surface area (Å²) < 4.78 is 10.3. The van der Waals surface area contributed by atoms with E-state index in [1.54, 1.807) is 6.92 Å². The number of nitrogens with one attached hydrogen (secondary N) is 1. The highest BCUT2D eigenvalue weighted by atomic mass is 16.6. The molecule has 0 spiro atoms. The molecule has 0 saturated carbocycles. The highest BCUT2D eigenvalue weighted by Crippen LogP contribution is 2.20. The van der Waals surface area contributed by atoms with E-state index in [0.717, 1.165) is 32.7 Å². The molecule has 2 heterocycles. The van der Waals surface area contributed by atoms with Crippen LogP contribution in [0.5, 0.6) is 5.75 Å². The van der Waals surface area contributed by atoms with Crippen LogP contribution in [-0.2, 0) is 16.1 Å². The number of likely N-dealkylation sites (tertiary alicyclic amines) is 1. The van der Waals surface area contributed by atoms with Crippen LogP contribution in [0.15, 0.2) is 24.3 Å². The van der Waals surface area contributed by atoms with Crippen molar-refractivity contribution in [2.45, 2.75) is 32.0 Å². The van der Waals surface area contributed by atoms with Gasteiger partial charge in [0, 0.05) is 51.9 Å². The first-order valence-electron chi connectivity index (χ1n) is 9.16. The van der Waals surface area contributed by atoms with Gasteiger partial charge in [-0.05, 0) is 31.0 Å². The maximum atomic E-state index is 11.4. The summed E-state index contributed by atoms with van der Waals surface area (Å²) in [5.74, 6) is 0.335. The number of methoxy groups -OCH3 is 1. The number of piperazine rings is 1. The number of hydrogen-bond acceptors (Lipinski definition) is 6. The Morgan fingerprint density at radius 1 is 1.24 bits per heavy atom. The standard InChI is InChI=1S/C19H29N3O3/c1-15(19(23)24-2)25-18-5-3-16(4-6-18)13-21-10-7-17(14-21)22-11-8-20-9-12-22/h3-6,15,17,20H,7-14H2,1-2H3. The summed E-state index contributed by atoms with van der Waals surface area (Å²) in [5, 5.41) is 3.42. The second-order valence-corrected chi connectivity index (χ2v) is 6.89. The number of benzene rings is 1. The van der Waals surface area contributed by atoms with E-state index in [1.165, 1.54) is 32.2 Å². The first-order valence-corrected chi connectivity index (χ1v) is 9.16. The van der Waals surface area contributed by atoms with Gasteiger partial charge >= 0.3 is 5.97 Å². The SMILES string of the molecule is COC(=O)C(C)Oc1ccc(CN2CCC(N3CCNCC3)C2)cc1. The summed E-state index contributed by atoms with van der Waals surface area (Å²) in [4.78, 5) is 16.6. The highest BCUT2D eigenvalue weighted by Gasteiger charge is 2.28. The Hall–Kier alpha value is -1.63. The molecule has 6 nitrogen and oxygen atoms in total. The van der Waals surface area contributed by atoms with Crippen LogP contribution in [0.3, 0.4) is 0 Å². The van der Waals surface area contributed by atoms with Gasteiger partial charge < -0.3 is 14.8 Å². The fourth-order valence-electron chi connectivity index (χ4n) is 3.65. The molecule has 2 saturated heterocycles. The first-order chi connectivity index (χ1) is 12.2. The predicted octanol–water partition coefficient (Wildman–Crippen LogP) is 1.11. The van der Waals surface area contributed by atoms with E-state index in [9.17, 15) is 4.79 Å². The zero-order valence-electron chi connectivity index (χ0n) is 15.2. The van der Waals surface area contributed by atoms with Crippen molar-refractivity contribution < 1.29 is 14.3 Å². The molecule has 0 radical (unpaired) electrons. The van der Waals surface area contributed by atoms with E-state index in [0.29, 0.717) is 11.8 Å². The van der Waals surface area contributed by atoms with Crippen molar-refractivity contribution in [3.05, 3.63) is 29.8 Å². The number of nitrogens with zero attached hydrogens (tertiary/aromatic N) is 2. The molecular weight excluding hydrogens is 318 g/mol. The van der Waals surface area contributed by atoms with E-state index < -0.39 is 6.10 Å². The molecule has 0 aliphatic carbocycles. The van der Waals surface area contributed by atoms with Gasteiger partial charge in [-0.1, -0.05) is 12.1 Å². The summed E-state index contributed by atoms with van der Waals surface area (Å²) >= 11 is 0. The van der Waals surface area contributed by atoms with Crippen LogP contribution in [0.2, 0.25) is 0 Å². The molecule has 0 bridgehead atoms. The van der Waals surface area contributed by atoms with E-state index >= 15 is 0 Å². The number of carbonyl (C=O) groups is 1. The number of ether oxygens (including phenoxy) is 2. The van der Waals surface area contributed by atoms with E-state index in [1.807, 2.05) is 12.1 Å². The van der Waals surface area contributed by atoms with Crippen LogP contribution >= 0.6 is 0 Å². The maximum Gasteiger partial charge on any atom is 0.346 e. The zero-order valence-corrected chi connectivity index (χ0v) is 15.2. The Labute approximate surface area is 150 Å². The smallest absolute Gasteiger partial charge is 0.346 e. The second-order valence-electron chi connectivity index (χ2n) is 6.89. The Morgan fingerprint density at radius 3 is 2.64 bits per heavy atom. The third-order valence-electron chi connectivity index (χ3n) is 5.09. The molecule has 1 aromatic rings. The van der Waals surface area contributed by atoms with Crippen LogP contribution in [0.4, 0.5) is 0 Å². The van der Waals surface area contributed by atoms with Crippen molar-refractivity contribution in [3.63, 3.8) is 0 Å². The van der Waals surface area contributed by atoms with Crippen LogP contribution in [0.25, 0.3) is 0 Å². The van der Waals surface area contributed by atoms with Crippen molar-refractivity contribution in [1.29, 1.82) is 0 Å². The zero-order chi connectivity index (χ0) is 17.6. The second kappa shape index (κ2) is 8.65. The summed E-state index contributed by atoms with van der Waals surface area (Å²) in [6.07, 6.45) is 0.673. The molecule has 2 unspecified atom stereocenters. The molecule has 138 valence electrons. The van der Waals surface area contributed by atoms with Gasteiger partial charge in [0.25, 0.3) is 0 Å². The average Bonchev–Trinajstić information content (AvgIpc) is 3.12. The average molecular weight is 347 g/mol. The van der Waals surface area contributed by atoms with Crippen molar-refractivity contribution >= 4 is 5.97 Å². The predicted molar refractivity (Wildman–Crippen MR) is 96.7 cm³/mol. The number of hydrogen-bond donors (Lipinski definition) is 1. The lowest BCUT2D eigenvalue weighted by atomic mass is 10.2. The van der Waals surface area contributed by atoms with Gasteiger partial charge in [0.05, 0.1) is 7.11 Å². The van der Waals surface area contributed by atoms with Gasteiger partial charge in [0.15, 0.2) is 6.10 Å². The van der Waals surface area contributed by atoms with Gasteiger partial charge in [-0.15, -0.1) is 0 Å². The minimum atomic E-state index is -0.589. The molecule has 25 heavy (non-hydrogen) atoms. The van der Waals surface area contributed by atoms with Gasteiger partial charge in [-0.2, -0.15) is 0 Å². The number of carbonyl (C=O) groups excluding carboxylic acids is 1. The Bertz CT molecular complexity index is 558. The van der Waals surface area contributed by atoms with Crippen LogP contribution in [0, 0.1) is 0 Å². The largest absolute Gasteiger partial charge is 0.479 e. The third-order valence-corrected chi connectivity index (χ3v) is 5.09. The Morgan fingerprint density at radius 2 is 1.96 bits per heavy atom. The first kappa shape index (κ1) is 18.2. The van der Waals surface area contributed by atoms with Gasteiger partial charge in [-0.3, -0.25) is 9.80 Å². The molecule has 2 aliphatic rings. The molecule has 1 aromatic carbocycles. The van der Waals surface area contributed by atoms with E-state index in [-0.39, 0.29) is 5.97 Å². The van der Waals surface area contributed by atoms with E-state index in [2.05, 4.69) is 32.0 Å². The molecule has 6 heteroatoms. The maximum absolute atomic E-state index is 11.4. The molecule has 1 N–H and O–H groups in total. The highest BCUT2D eigenvalue weighted by molar-refractivity contribution is 5.74. The molecular formula is C19H29N3O3. The fraction of sp³-hybridized carbons (Fsp3) is 0.632. The summed E-state index contributed by atoms with van der Waals surface area (Å²) in [7, 11) is 1.37. The minimum absolute atomic E-state index is 0.361. The lowest BCUT2D eigenvalue weighted by Crippen LogP contribution is -2.49. The van der Waals surface area contributed by atoms with Crippen LogP contribution < -0.4 is 10.1 Å². The quantitative estimate of drug-likeness (QED) is 0.778. The van der Waals surface area contributed by atoms with Gasteiger partial charge in [0.1, 0.15) is 5.75 Å². The molecule has 2 fully saturated rings. The topological polar surface area (TPSA) is 54.0 Å². The Kier molecular flexibility index (Phi) is 6.29. The lowest BCUT2D eigenvalue weighted by Gasteiger charge is -2.32. The van der Waals surface area contributed by atoms with Crippen molar-refractivity contribution in [1.82, 2.24) is 15.1 Å². The summed E-state index contributed by atoms with van der Waals surface area (Å²) in [5.41, 5.74) is 1.28. The van der Waals surface area contributed by atoms with Crippen LogP contribution in [0.1, 0.15) is 18.9 Å². The van der Waals surface area contributed by atoms with E-state index in [4.69, 9.17) is 4.74 Å². The molecule has 3 rings (SSSR count). The van der Waals surface area contributed by atoms with Gasteiger partial charge in [-0.25, -0.2) is 4.79 Å². The van der Waals surface area contributed by atoms with Crippen molar-refractivity contribution in [3.8, 4) is 5.75 Å². The number of esters is 1. The minimum Gasteiger partial charge on any atom is -0.479 e. The van der Waals surface area contributed by atoms with Crippen molar-refractivity contribution in [2.75, 3.05) is 46.4 Å². The molecule has 2 atom stereocenters. The third kappa shape index (κ3) is 4.93. The van der Waals surface area contributed by atoms with Gasteiger partial charge in [0.2, 0.25) is 0 Å². The summed E-state index contributed by atoms with van der Waals surface area (Å²) in [6.45, 7) is 9.54. The lowest BCUT2D eigenvalue weighted by molar-refractivity contribution is -0.147. The van der Waals surface area contributed by atoms with Crippen LogP contribution in [-0.4, -0.2) is 74.3 Å². The monoisotopic (exact) mass is 347 g/mol. The molecule has 0 amide bonds. The van der Waals surface area contributed by atoms with Crippen molar-refractivity contribution in [2.24, 2.45) is 0 Å². The molecule has 0 aromatic heterocycles. The number of rotatable bonds is 6. The normalized spacial score (nSPS) is 23.4. The fourth-order valence-corrected chi connectivity index (χ4v) is 3.65. The Balaban J connectivity index is 1.48. The molecule has 2 aliphatic heterocycles.